The number of nitrogens with two attached hydrogens (primary N) is 1. The Hall–Kier alpha value is -2.08. The number of hydrogen-bond acceptors (Lipinski definition) is 4. The molecule has 1 aromatic carbocycles. The zero-order chi connectivity index (χ0) is 18.4. The Morgan fingerprint density at radius 1 is 1.32 bits per heavy atom. The van der Waals surface area contributed by atoms with Crippen LogP contribution in [-0.2, 0) is 16.1 Å². The van der Waals surface area contributed by atoms with Crippen molar-refractivity contribution in [2.75, 3.05) is 20.1 Å². The van der Waals surface area contributed by atoms with Crippen LogP contribution in [0.1, 0.15) is 32.3 Å². The second-order valence-corrected chi connectivity index (χ2v) is 7.02. The van der Waals surface area contributed by atoms with Gasteiger partial charge in [-0.15, -0.1) is 0 Å². The summed E-state index contributed by atoms with van der Waals surface area (Å²) in [5, 5.41) is 0. The number of benzene rings is 1. The lowest BCUT2D eigenvalue weighted by atomic mass is 10.0. The van der Waals surface area contributed by atoms with E-state index in [0.717, 1.165) is 18.4 Å². The third-order valence-electron chi connectivity index (χ3n) is 4.68. The molecule has 1 aliphatic rings. The molecule has 1 heterocycles. The van der Waals surface area contributed by atoms with E-state index >= 15 is 0 Å². The average Bonchev–Trinajstić information content (AvgIpc) is 3.07. The number of rotatable bonds is 6. The fourth-order valence-electron chi connectivity index (χ4n) is 3.01. The molecular formula is C19H29N3O3. The first-order valence-corrected chi connectivity index (χ1v) is 8.88. The zero-order valence-corrected chi connectivity index (χ0v) is 15.4. The molecule has 6 nitrogen and oxygen atoms in total. The molecule has 2 N–H and O–H groups in total. The van der Waals surface area contributed by atoms with Crippen LogP contribution in [0.15, 0.2) is 30.3 Å². The fraction of sp³-hybridized carbons (Fsp3) is 0.579. The molecule has 138 valence electrons. The van der Waals surface area contributed by atoms with Crippen LogP contribution in [-0.4, -0.2) is 54.0 Å². The van der Waals surface area contributed by atoms with Crippen LogP contribution in [0.25, 0.3) is 0 Å². The number of nitrogens with zero attached hydrogens (tertiary/aromatic N) is 2. The molecule has 1 fully saturated rings. The van der Waals surface area contributed by atoms with Gasteiger partial charge >= 0.3 is 6.09 Å². The topological polar surface area (TPSA) is 75.9 Å². The Balaban J connectivity index is 1.88. The van der Waals surface area contributed by atoms with Crippen molar-refractivity contribution < 1.29 is 14.3 Å². The van der Waals surface area contributed by atoms with E-state index in [1.165, 1.54) is 0 Å². The van der Waals surface area contributed by atoms with Crippen LogP contribution in [0.2, 0.25) is 0 Å². The quantitative estimate of drug-likeness (QED) is 0.856. The van der Waals surface area contributed by atoms with Gasteiger partial charge in [-0.25, -0.2) is 4.79 Å². The zero-order valence-electron chi connectivity index (χ0n) is 15.4. The molecule has 0 radical (unpaired) electrons. The van der Waals surface area contributed by atoms with Gasteiger partial charge in [-0.05, 0) is 24.3 Å². The van der Waals surface area contributed by atoms with Crippen LogP contribution in [0.3, 0.4) is 0 Å². The van der Waals surface area contributed by atoms with E-state index in [-0.39, 0.29) is 30.6 Å². The largest absolute Gasteiger partial charge is 0.445 e. The van der Waals surface area contributed by atoms with Crippen molar-refractivity contribution in [3.05, 3.63) is 35.9 Å². The van der Waals surface area contributed by atoms with Gasteiger partial charge in [0.15, 0.2) is 0 Å². The van der Waals surface area contributed by atoms with Crippen molar-refractivity contribution in [2.24, 2.45) is 11.7 Å². The molecule has 1 aliphatic heterocycles. The summed E-state index contributed by atoms with van der Waals surface area (Å²) in [6.45, 7) is 5.27. The van der Waals surface area contributed by atoms with E-state index in [2.05, 4.69) is 0 Å². The molecule has 2 amide bonds. The predicted molar refractivity (Wildman–Crippen MR) is 96.8 cm³/mol. The molecule has 0 aliphatic carbocycles. The maximum atomic E-state index is 12.4. The van der Waals surface area contributed by atoms with Crippen LogP contribution in [0, 0.1) is 5.92 Å². The normalized spacial score (nSPS) is 18.3. The highest BCUT2D eigenvalue weighted by Crippen LogP contribution is 2.20. The molecule has 0 unspecified atom stereocenters. The van der Waals surface area contributed by atoms with E-state index in [1.54, 1.807) is 16.8 Å². The van der Waals surface area contributed by atoms with Crippen molar-refractivity contribution >= 4 is 12.0 Å². The highest BCUT2D eigenvalue weighted by atomic mass is 16.6. The SMILES string of the molecule is CC(C)[C@H](N)C(=O)N(C)C[C@H]1CCCN1C(=O)OCc1ccccc1. The number of ether oxygens (including phenoxy) is 1. The monoisotopic (exact) mass is 347 g/mol. The first-order chi connectivity index (χ1) is 11.9. The van der Waals surface area contributed by atoms with E-state index in [0.29, 0.717) is 13.1 Å². The van der Waals surface area contributed by atoms with Gasteiger partial charge in [0.05, 0.1) is 12.1 Å². The van der Waals surface area contributed by atoms with Crippen molar-refractivity contribution in [3.63, 3.8) is 0 Å². The molecule has 0 bridgehead atoms. The summed E-state index contributed by atoms with van der Waals surface area (Å²) in [6, 6.07) is 9.08. The Kier molecular flexibility index (Phi) is 6.82. The van der Waals surface area contributed by atoms with Gasteiger partial charge in [-0.2, -0.15) is 0 Å². The minimum absolute atomic E-state index is 0.0171. The van der Waals surface area contributed by atoms with Gasteiger partial charge in [-0.1, -0.05) is 44.2 Å². The van der Waals surface area contributed by atoms with Gasteiger partial charge in [0, 0.05) is 20.1 Å². The van der Waals surface area contributed by atoms with Gasteiger partial charge in [0.2, 0.25) is 5.91 Å². The van der Waals surface area contributed by atoms with Crippen molar-refractivity contribution in [2.45, 2.75) is 45.4 Å². The molecule has 2 rings (SSSR count). The molecule has 1 aromatic rings. The number of carbonyl (C=O) groups excluding carboxylic acids is 2. The number of amides is 2. The predicted octanol–water partition coefficient (Wildman–Crippen LogP) is 2.23. The van der Waals surface area contributed by atoms with E-state index in [1.807, 2.05) is 44.2 Å². The standard InChI is InChI=1S/C19H29N3O3/c1-14(2)17(20)18(23)21(3)12-16-10-7-11-22(16)19(24)25-13-15-8-5-4-6-9-15/h4-6,8-9,14,16-17H,7,10-13,20H2,1-3H3/t16-,17+/m1/s1. The van der Waals surface area contributed by atoms with Gasteiger partial charge in [-0.3, -0.25) is 4.79 Å². The summed E-state index contributed by atoms with van der Waals surface area (Å²) in [5.74, 6) is 0.00460. The second-order valence-electron chi connectivity index (χ2n) is 7.02. The third-order valence-corrected chi connectivity index (χ3v) is 4.68. The molecule has 0 spiro atoms. The van der Waals surface area contributed by atoms with Crippen LogP contribution in [0.5, 0.6) is 0 Å². The lowest BCUT2D eigenvalue weighted by Crippen LogP contribution is -2.49. The van der Waals surface area contributed by atoms with E-state index in [9.17, 15) is 9.59 Å². The summed E-state index contributed by atoms with van der Waals surface area (Å²) in [7, 11) is 1.75. The van der Waals surface area contributed by atoms with Gasteiger partial charge < -0.3 is 20.3 Å². The molecule has 25 heavy (non-hydrogen) atoms. The van der Waals surface area contributed by atoms with Gasteiger partial charge in [0.1, 0.15) is 6.61 Å². The number of likely N-dealkylation sites (N-methyl/N-ethyl adjacent to an activating group) is 1. The molecule has 2 atom stereocenters. The highest BCUT2D eigenvalue weighted by Gasteiger charge is 2.32. The van der Waals surface area contributed by atoms with Crippen molar-refractivity contribution in [3.8, 4) is 0 Å². The lowest BCUT2D eigenvalue weighted by Gasteiger charge is -2.30. The minimum Gasteiger partial charge on any atom is -0.445 e. The second kappa shape index (κ2) is 8.85. The molecule has 1 saturated heterocycles. The Morgan fingerprint density at radius 2 is 2.00 bits per heavy atom. The number of likely N-dealkylation sites (tertiary alicyclic amines) is 1. The van der Waals surface area contributed by atoms with Crippen LogP contribution >= 0.6 is 0 Å². The summed E-state index contributed by atoms with van der Waals surface area (Å²) in [4.78, 5) is 28.1. The average molecular weight is 347 g/mol. The fourth-order valence-corrected chi connectivity index (χ4v) is 3.01. The van der Waals surface area contributed by atoms with Gasteiger partial charge in [0.25, 0.3) is 0 Å². The maximum Gasteiger partial charge on any atom is 0.410 e. The summed E-state index contributed by atoms with van der Waals surface area (Å²) < 4.78 is 5.43. The summed E-state index contributed by atoms with van der Waals surface area (Å²) in [6.07, 6.45) is 1.47. The van der Waals surface area contributed by atoms with E-state index in [4.69, 9.17) is 10.5 Å². The Bertz CT molecular complexity index is 577. The summed E-state index contributed by atoms with van der Waals surface area (Å²) >= 11 is 0. The Labute approximate surface area is 149 Å². The van der Waals surface area contributed by atoms with Crippen LogP contribution < -0.4 is 5.73 Å². The van der Waals surface area contributed by atoms with Crippen molar-refractivity contribution in [1.82, 2.24) is 9.80 Å². The maximum absolute atomic E-state index is 12.4. The molecule has 0 aromatic heterocycles. The number of carbonyl (C=O) groups is 2. The Morgan fingerprint density at radius 3 is 2.64 bits per heavy atom. The van der Waals surface area contributed by atoms with Crippen LogP contribution in [0.4, 0.5) is 4.79 Å². The molecule has 0 saturated carbocycles. The highest BCUT2D eigenvalue weighted by molar-refractivity contribution is 5.81. The first-order valence-electron chi connectivity index (χ1n) is 8.88. The van der Waals surface area contributed by atoms with E-state index < -0.39 is 6.04 Å². The number of hydrogen-bond donors (Lipinski definition) is 1. The minimum atomic E-state index is -0.509. The third kappa shape index (κ3) is 5.19. The first kappa shape index (κ1) is 19.2. The molecular weight excluding hydrogens is 318 g/mol. The smallest absolute Gasteiger partial charge is 0.410 e. The van der Waals surface area contributed by atoms with Crippen molar-refractivity contribution in [1.29, 1.82) is 0 Å². The summed E-state index contributed by atoms with van der Waals surface area (Å²) in [5.41, 5.74) is 6.91. The molecule has 6 heteroatoms. The lowest BCUT2D eigenvalue weighted by molar-refractivity contribution is -0.132.